The third-order valence-electron chi connectivity index (χ3n) is 5.08. The normalized spacial score (nSPS) is 17.0. The van der Waals surface area contributed by atoms with Crippen LogP contribution in [0.1, 0.15) is 18.4 Å². The predicted molar refractivity (Wildman–Crippen MR) is 99.2 cm³/mol. The van der Waals surface area contributed by atoms with Gasteiger partial charge in [-0.05, 0) is 37.0 Å². The summed E-state index contributed by atoms with van der Waals surface area (Å²) in [6, 6.07) is 5.45. The number of nitrogens with zero attached hydrogens (tertiary/aromatic N) is 3. The second kappa shape index (κ2) is 7.27. The molecule has 0 saturated carbocycles. The molecule has 0 aliphatic carbocycles. The Morgan fingerprint density at radius 1 is 1.22 bits per heavy atom. The van der Waals surface area contributed by atoms with Gasteiger partial charge in [-0.2, -0.15) is 13.2 Å². The molecule has 0 radical (unpaired) electrons. The number of fused-ring (bicyclic) bond motifs is 1. The maximum absolute atomic E-state index is 12.9. The third kappa shape index (κ3) is 4.52. The molecule has 1 fully saturated rings. The standard InChI is InChI=1S/C18H22F3N3O2S/c1-23(27(2,25)26)12-13-6-9-24(10-7-13)17-5-8-22-16-11-14(18(19,20)21)3-4-15(16)17/h3-5,8,11,13H,6-7,9-10,12H2,1-2H3. The smallest absolute Gasteiger partial charge is 0.371 e. The summed E-state index contributed by atoms with van der Waals surface area (Å²) >= 11 is 0. The number of rotatable bonds is 4. The van der Waals surface area contributed by atoms with Crippen molar-refractivity contribution in [1.29, 1.82) is 0 Å². The van der Waals surface area contributed by atoms with Crippen LogP contribution in [0.3, 0.4) is 0 Å². The predicted octanol–water partition coefficient (Wildman–Crippen LogP) is 3.36. The van der Waals surface area contributed by atoms with Gasteiger partial charge >= 0.3 is 6.18 Å². The monoisotopic (exact) mass is 401 g/mol. The molecule has 0 spiro atoms. The molecule has 1 aromatic carbocycles. The Morgan fingerprint density at radius 3 is 2.48 bits per heavy atom. The molecule has 0 bridgehead atoms. The highest BCUT2D eigenvalue weighted by molar-refractivity contribution is 7.88. The molecule has 1 aliphatic heterocycles. The van der Waals surface area contributed by atoms with E-state index in [4.69, 9.17) is 0 Å². The van der Waals surface area contributed by atoms with Crippen LogP contribution >= 0.6 is 0 Å². The molecule has 0 amide bonds. The third-order valence-corrected chi connectivity index (χ3v) is 6.37. The first-order chi connectivity index (χ1) is 12.6. The van der Waals surface area contributed by atoms with Crippen LogP contribution < -0.4 is 4.90 Å². The molecular formula is C18H22F3N3O2S. The van der Waals surface area contributed by atoms with Crippen LogP contribution in [0.5, 0.6) is 0 Å². The van der Waals surface area contributed by atoms with Crippen LogP contribution in [0, 0.1) is 5.92 Å². The Labute approximate surface area is 156 Å². The summed E-state index contributed by atoms with van der Waals surface area (Å²) in [5, 5.41) is 0.692. The minimum absolute atomic E-state index is 0.269. The van der Waals surface area contributed by atoms with Crippen LogP contribution in [0.25, 0.3) is 10.9 Å². The van der Waals surface area contributed by atoms with Gasteiger partial charge in [0.25, 0.3) is 0 Å². The van der Waals surface area contributed by atoms with Crippen LogP contribution in [-0.4, -0.2) is 50.6 Å². The van der Waals surface area contributed by atoms with E-state index in [1.807, 2.05) is 6.07 Å². The van der Waals surface area contributed by atoms with Gasteiger partial charge in [0.1, 0.15) is 0 Å². The fraction of sp³-hybridized carbons (Fsp3) is 0.500. The minimum atomic E-state index is -4.39. The Kier molecular flexibility index (Phi) is 5.36. The van der Waals surface area contributed by atoms with Crippen LogP contribution in [0.4, 0.5) is 18.9 Å². The molecule has 0 unspecified atom stereocenters. The summed E-state index contributed by atoms with van der Waals surface area (Å²) in [6.07, 6.45) is -0.0216. The van der Waals surface area contributed by atoms with E-state index in [0.29, 0.717) is 17.4 Å². The average Bonchev–Trinajstić information content (AvgIpc) is 2.60. The number of sulfonamides is 1. The maximum atomic E-state index is 12.9. The highest BCUT2D eigenvalue weighted by Crippen LogP contribution is 2.34. The van der Waals surface area contributed by atoms with Crippen molar-refractivity contribution in [2.24, 2.45) is 5.92 Å². The van der Waals surface area contributed by atoms with Crippen LogP contribution in [0.2, 0.25) is 0 Å². The molecule has 0 atom stereocenters. The molecule has 1 aliphatic rings. The average molecular weight is 401 g/mol. The molecule has 5 nitrogen and oxygen atoms in total. The zero-order valence-electron chi connectivity index (χ0n) is 15.2. The number of hydrogen-bond donors (Lipinski definition) is 0. The Hall–Kier alpha value is -1.87. The summed E-state index contributed by atoms with van der Waals surface area (Å²) in [4.78, 5) is 6.23. The number of aromatic nitrogens is 1. The Balaban J connectivity index is 1.76. The first-order valence-corrected chi connectivity index (χ1v) is 10.5. The van der Waals surface area contributed by atoms with Crippen molar-refractivity contribution >= 4 is 26.6 Å². The molecule has 2 heterocycles. The quantitative estimate of drug-likeness (QED) is 0.788. The molecular weight excluding hydrogens is 379 g/mol. The molecule has 27 heavy (non-hydrogen) atoms. The highest BCUT2D eigenvalue weighted by atomic mass is 32.2. The number of alkyl halides is 3. The number of anilines is 1. The number of hydrogen-bond acceptors (Lipinski definition) is 4. The van der Waals surface area contributed by atoms with Crippen molar-refractivity contribution in [2.75, 3.05) is 37.8 Å². The minimum Gasteiger partial charge on any atom is -0.371 e. The van der Waals surface area contributed by atoms with Gasteiger partial charge in [0.15, 0.2) is 0 Å². The zero-order valence-corrected chi connectivity index (χ0v) is 16.0. The lowest BCUT2D eigenvalue weighted by Gasteiger charge is -2.35. The summed E-state index contributed by atoms with van der Waals surface area (Å²) in [7, 11) is -1.61. The molecule has 1 saturated heterocycles. The van der Waals surface area contributed by atoms with E-state index in [1.165, 1.54) is 22.8 Å². The molecule has 1 aromatic heterocycles. The molecule has 9 heteroatoms. The Morgan fingerprint density at radius 2 is 1.89 bits per heavy atom. The van der Waals surface area contributed by atoms with Gasteiger partial charge in [0, 0.05) is 44.0 Å². The van der Waals surface area contributed by atoms with E-state index in [2.05, 4.69) is 9.88 Å². The van der Waals surface area contributed by atoms with Gasteiger partial charge in [0.05, 0.1) is 17.3 Å². The Bertz CT molecular complexity index is 923. The second-order valence-corrected chi connectivity index (χ2v) is 9.12. The molecule has 2 aromatic rings. The lowest BCUT2D eigenvalue weighted by atomic mass is 9.96. The molecule has 0 N–H and O–H groups in total. The van der Waals surface area contributed by atoms with E-state index < -0.39 is 21.8 Å². The van der Waals surface area contributed by atoms with Gasteiger partial charge in [0.2, 0.25) is 10.0 Å². The van der Waals surface area contributed by atoms with Crippen molar-refractivity contribution in [3.63, 3.8) is 0 Å². The van der Waals surface area contributed by atoms with Crippen molar-refractivity contribution in [2.45, 2.75) is 19.0 Å². The van der Waals surface area contributed by atoms with E-state index in [-0.39, 0.29) is 5.92 Å². The lowest BCUT2D eigenvalue weighted by Crippen LogP contribution is -2.39. The topological polar surface area (TPSA) is 53.5 Å². The molecule has 148 valence electrons. The van der Waals surface area contributed by atoms with Gasteiger partial charge in [-0.15, -0.1) is 0 Å². The highest BCUT2D eigenvalue weighted by Gasteiger charge is 2.31. The fourth-order valence-corrected chi connectivity index (χ4v) is 3.92. The van der Waals surface area contributed by atoms with Crippen molar-refractivity contribution in [3.05, 3.63) is 36.0 Å². The number of piperidine rings is 1. The number of pyridine rings is 1. The SMILES string of the molecule is CN(CC1CCN(c2ccnc3cc(C(F)(F)F)ccc23)CC1)S(C)(=O)=O. The lowest BCUT2D eigenvalue weighted by molar-refractivity contribution is -0.137. The number of halogens is 3. The van der Waals surface area contributed by atoms with Crippen molar-refractivity contribution in [1.82, 2.24) is 9.29 Å². The largest absolute Gasteiger partial charge is 0.416 e. The van der Waals surface area contributed by atoms with Gasteiger partial charge in [-0.1, -0.05) is 6.07 Å². The van der Waals surface area contributed by atoms with E-state index in [0.717, 1.165) is 43.8 Å². The summed E-state index contributed by atoms with van der Waals surface area (Å²) in [5.74, 6) is 0.269. The van der Waals surface area contributed by atoms with Crippen LogP contribution in [-0.2, 0) is 16.2 Å². The molecule has 3 rings (SSSR count). The zero-order chi connectivity index (χ0) is 19.8. The van der Waals surface area contributed by atoms with Gasteiger partial charge in [-0.3, -0.25) is 4.98 Å². The fourth-order valence-electron chi connectivity index (χ4n) is 3.44. The first-order valence-electron chi connectivity index (χ1n) is 8.68. The van der Waals surface area contributed by atoms with Crippen LogP contribution in [0.15, 0.2) is 30.5 Å². The number of benzene rings is 1. The summed E-state index contributed by atoms with van der Waals surface area (Å²) in [5.41, 5.74) is 0.479. The maximum Gasteiger partial charge on any atom is 0.416 e. The summed E-state index contributed by atoms with van der Waals surface area (Å²) < 4.78 is 63.2. The van der Waals surface area contributed by atoms with Crippen molar-refractivity contribution < 1.29 is 21.6 Å². The van der Waals surface area contributed by atoms with E-state index in [1.54, 1.807) is 7.05 Å². The summed E-state index contributed by atoms with van der Waals surface area (Å²) in [6.45, 7) is 1.93. The van der Waals surface area contributed by atoms with Gasteiger partial charge < -0.3 is 4.90 Å². The first kappa shape index (κ1) is 19.9. The van der Waals surface area contributed by atoms with Gasteiger partial charge in [-0.25, -0.2) is 12.7 Å². The van der Waals surface area contributed by atoms with E-state index in [9.17, 15) is 21.6 Å². The van der Waals surface area contributed by atoms with Crippen molar-refractivity contribution in [3.8, 4) is 0 Å². The second-order valence-electron chi connectivity index (χ2n) is 7.03. The van der Waals surface area contributed by atoms with E-state index >= 15 is 0 Å².